The second kappa shape index (κ2) is 16.0. The minimum Gasteiger partial charge on any atom is -0.378 e. The zero-order chi connectivity index (χ0) is 40.4. The molecule has 1 saturated carbocycles. The quantitative estimate of drug-likeness (QED) is 0.108. The monoisotopic (exact) mass is 756 g/mol. The molecule has 0 bridgehead atoms. The van der Waals surface area contributed by atoms with Gasteiger partial charge in [0.05, 0.1) is 12.1 Å². The average molecular weight is 757 g/mol. The standard InChI is InChI=1S/C51H52N2O4/c1-35-17-25-41(26-18-35)50(56,42-27-19-36(2)20-28-42)45(39-13-7-5-8-14-39)53(48(55)49(47(52)54)33-11-12-34-49)46(40-15-9-6-10-16-40)51(57,43-29-21-37(3)22-30-43)44-31-23-38(4)24-32-44/h5-10,13-32,45-46,56-57H,11-12,33-34H2,1-4H3,(H2,52,54). The van der Waals surface area contributed by atoms with E-state index in [1.807, 2.05) is 185 Å². The van der Waals surface area contributed by atoms with Crippen molar-refractivity contribution in [1.82, 2.24) is 4.90 Å². The fourth-order valence-electron chi connectivity index (χ4n) is 8.85. The number of carbonyl (C=O) groups excluding carboxylic acids is 2. The Morgan fingerprint density at radius 3 is 1.05 bits per heavy atom. The lowest BCUT2D eigenvalue weighted by Crippen LogP contribution is -2.59. The highest BCUT2D eigenvalue weighted by Crippen LogP contribution is 2.55. The highest BCUT2D eigenvalue weighted by molar-refractivity contribution is 6.05. The second-order valence-electron chi connectivity index (χ2n) is 16.0. The van der Waals surface area contributed by atoms with Crippen molar-refractivity contribution in [1.29, 1.82) is 0 Å². The van der Waals surface area contributed by atoms with Crippen LogP contribution in [0.5, 0.6) is 0 Å². The van der Waals surface area contributed by atoms with Gasteiger partial charge in [-0.15, -0.1) is 0 Å². The second-order valence-corrected chi connectivity index (χ2v) is 16.0. The number of aryl methyl sites for hydroxylation is 4. The number of nitrogens with two attached hydrogens (primary N) is 1. The Morgan fingerprint density at radius 2 is 0.789 bits per heavy atom. The number of hydrogen-bond donors (Lipinski definition) is 3. The number of hydrogen-bond acceptors (Lipinski definition) is 4. The number of amides is 2. The van der Waals surface area contributed by atoms with Crippen LogP contribution in [-0.2, 0) is 20.8 Å². The Hall–Kier alpha value is -5.82. The molecule has 1 aliphatic rings. The molecule has 6 nitrogen and oxygen atoms in total. The maximum Gasteiger partial charge on any atom is 0.239 e. The molecule has 0 aliphatic heterocycles. The molecule has 290 valence electrons. The molecule has 57 heavy (non-hydrogen) atoms. The van der Waals surface area contributed by atoms with E-state index in [0.29, 0.717) is 46.2 Å². The smallest absolute Gasteiger partial charge is 0.239 e. The lowest BCUT2D eigenvalue weighted by Gasteiger charge is -2.53. The van der Waals surface area contributed by atoms with E-state index in [4.69, 9.17) is 5.73 Å². The van der Waals surface area contributed by atoms with Gasteiger partial charge in [-0.1, -0.05) is 193 Å². The van der Waals surface area contributed by atoms with E-state index in [1.165, 1.54) is 0 Å². The van der Waals surface area contributed by atoms with Crippen LogP contribution in [0.25, 0.3) is 0 Å². The molecule has 0 radical (unpaired) electrons. The van der Waals surface area contributed by atoms with Gasteiger partial charge in [-0.25, -0.2) is 0 Å². The molecule has 6 aromatic carbocycles. The van der Waals surface area contributed by atoms with Crippen LogP contribution < -0.4 is 5.73 Å². The van der Waals surface area contributed by atoms with E-state index in [2.05, 4.69) is 0 Å². The number of benzene rings is 6. The number of aliphatic hydroxyl groups is 2. The molecule has 2 atom stereocenters. The van der Waals surface area contributed by atoms with Crippen LogP contribution in [0.15, 0.2) is 158 Å². The Kier molecular flexibility index (Phi) is 11.0. The molecule has 2 amide bonds. The maximum absolute atomic E-state index is 16.4. The van der Waals surface area contributed by atoms with Crippen molar-refractivity contribution < 1.29 is 19.8 Å². The highest BCUT2D eigenvalue weighted by atomic mass is 16.3. The van der Waals surface area contributed by atoms with E-state index in [9.17, 15) is 15.0 Å². The van der Waals surface area contributed by atoms with E-state index in [-0.39, 0.29) is 12.8 Å². The van der Waals surface area contributed by atoms with E-state index >= 15 is 4.79 Å². The van der Waals surface area contributed by atoms with Gasteiger partial charge in [-0.2, -0.15) is 0 Å². The van der Waals surface area contributed by atoms with Crippen LogP contribution in [0.3, 0.4) is 0 Å². The number of nitrogens with zero attached hydrogens (tertiary/aromatic N) is 1. The Labute approximate surface area is 336 Å². The van der Waals surface area contributed by atoms with Crippen LogP contribution in [0, 0.1) is 33.1 Å². The molecule has 7 rings (SSSR count). The van der Waals surface area contributed by atoms with Crippen molar-refractivity contribution in [2.45, 2.75) is 76.7 Å². The molecule has 1 fully saturated rings. The van der Waals surface area contributed by atoms with E-state index < -0.39 is 40.5 Å². The third-order valence-corrected chi connectivity index (χ3v) is 12.1. The van der Waals surface area contributed by atoms with Crippen molar-refractivity contribution in [3.8, 4) is 0 Å². The van der Waals surface area contributed by atoms with Crippen molar-refractivity contribution in [3.63, 3.8) is 0 Å². The summed E-state index contributed by atoms with van der Waals surface area (Å²) < 4.78 is 0. The molecule has 0 saturated heterocycles. The lowest BCUT2D eigenvalue weighted by molar-refractivity contribution is -0.168. The third kappa shape index (κ3) is 7.20. The minimum atomic E-state index is -1.93. The van der Waals surface area contributed by atoms with Crippen molar-refractivity contribution >= 4 is 11.8 Å². The summed E-state index contributed by atoms with van der Waals surface area (Å²) in [4.78, 5) is 32.0. The Balaban J connectivity index is 1.67. The minimum absolute atomic E-state index is 0.252. The summed E-state index contributed by atoms with van der Waals surface area (Å²) in [5, 5.41) is 28.2. The summed E-state index contributed by atoms with van der Waals surface area (Å²) in [6, 6.07) is 47.4. The largest absolute Gasteiger partial charge is 0.378 e. The predicted octanol–water partition coefficient (Wildman–Crippen LogP) is 9.45. The number of primary amides is 1. The fraction of sp³-hybridized carbons (Fsp3) is 0.255. The van der Waals surface area contributed by atoms with Crippen LogP contribution in [0.4, 0.5) is 0 Å². The fourth-order valence-corrected chi connectivity index (χ4v) is 8.85. The summed E-state index contributed by atoms with van der Waals surface area (Å²) in [6.45, 7) is 7.96. The molecule has 2 unspecified atom stereocenters. The number of rotatable bonds is 12. The summed E-state index contributed by atoms with van der Waals surface area (Å²) in [7, 11) is 0. The van der Waals surface area contributed by atoms with E-state index in [1.54, 1.807) is 4.90 Å². The molecule has 0 heterocycles. The topological polar surface area (TPSA) is 104 Å². The third-order valence-electron chi connectivity index (χ3n) is 12.1. The lowest BCUT2D eigenvalue weighted by atomic mass is 9.70. The summed E-state index contributed by atoms with van der Waals surface area (Å²) in [6.07, 6.45) is 1.77. The Bertz CT molecular complexity index is 2060. The average Bonchev–Trinajstić information content (AvgIpc) is 3.74. The molecule has 0 spiro atoms. The first kappa shape index (κ1) is 39.4. The van der Waals surface area contributed by atoms with Gasteiger partial charge in [-0.05, 0) is 73.9 Å². The van der Waals surface area contributed by atoms with Gasteiger partial charge >= 0.3 is 0 Å². The van der Waals surface area contributed by atoms with Crippen LogP contribution in [0.2, 0.25) is 0 Å². The van der Waals surface area contributed by atoms with Gasteiger partial charge in [-0.3, -0.25) is 9.59 Å². The van der Waals surface area contributed by atoms with Gasteiger partial charge in [0.25, 0.3) is 0 Å². The SMILES string of the molecule is Cc1ccc(C(O)(c2ccc(C)cc2)C(c2ccccc2)N(C(=O)C2(C(N)=O)CCCC2)C(c2ccccc2)C(O)(c2ccc(C)cc2)c2ccc(C)cc2)cc1. The van der Waals surface area contributed by atoms with Crippen LogP contribution in [0.1, 0.15) is 93.4 Å². The van der Waals surface area contributed by atoms with Crippen LogP contribution >= 0.6 is 0 Å². The molecule has 6 heteroatoms. The van der Waals surface area contributed by atoms with Gasteiger partial charge in [0.15, 0.2) is 0 Å². The van der Waals surface area contributed by atoms with E-state index in [0.717, 1.165) is 22.3 Å². The highest BCUT2D eigenvalue weighted by Gasteiger charge is 2.59. The van der Waals surface area contributed by atoms with Gasteiger partial charge in [0.1, 0.15) is 16.6 Å². The first-order chi connectivity index (χ1) is 27.4. The predicted molar refractivity (Wildman–Crippen MR) is 226 cm³/mol. The molecule has 6 aromatic rings. The molecule has 0 aromatic heterocycles. The first-order valence-electron chi connectivity index (χ1n) is 19.9. The van der Waals surface area contributed by atoms with Gasteiger partial charge in [0.2, 0.25) is 11.8 Å². The zero-order valence-corrected chi connectivity index (χ0v) is 33.2. The van der Waals surface area contributed by atoms with Crippen molar-refractivity contribution in [3.05, 3.63) is 213 Å². The first-order valence-corrected chi connectivity index (χ1v) is 19.9. The van der Waals surface area contributed by atoms with Crippen molar-refractivity contribution in [2.75, 3.05) is 0 Å². The maximum atomic E-state index is 16.4. The summed E-state index contributed by atoms with van der Waals surface area (Å²) in [5.41, 5.74) is 8.34. The van der Waals surface area contributed by atoms with Gasteiger partial charge < -0.3 is 20.8 Å². The molecule has 4 N–H and O–H groups in total. The normalized spacial score (nSPS) is 15.1. The Morgan fingerprint density at radius 1 is 0.509 bits per heavy atom. The summed E-state index contributed by atoms with van der Waals surface area (Å²) >= 11 is 0. The molecule has 1 aliphatic carbocycles. The van der Waals surface area contributed by atoms with Crippen LogP contribution in [-0.4, -0.2) is 26.9 Å². The zero-order valence-electron chi connectivity index (χ0n) is 33.2. The van der Waals surface area contributed by atoms with Crippen molar-refractivity contribution in [2.24, 2.45) is 11.1 Å². The number of carbonyl (C=O) groups is 2. The molecular formula is C51H52N2O4. The van der Waals surface area contributed by atoms with Gasteiger partial charge in [0, 0.05) is 0 Å². The summed E-state index contributed by atoms with van der Waals surface area (Å²) in [5.74, 6) is -1.25. The molecular weight excluding hydrogens is 705 g/mol.